The summed E-state index contributed by atoms with van der Waals surface area (Å²) in [5.74, 6) is 0. The van der Waals surface area contributed by atoms with Crippen LogP contribution in [0.3, 0.4) is 0 Å². The molecule has 0 amide bonds. The third-order valence-corrected chi connectivity index (χ3v) is 6.20. The summed E-state index contributed by atoms with van der Waals surface area (Å²) in [4.78, 5) is 5.14. The zero-order chi connectivity index (χ0) is 33.5. The molecule has 3 aromatic rings. The molecule has 0 heterocycles. The first-order chi connectivity index (χ1) is 19.8. The molecule has 5 rings (SSSR count). The first-order valence-corrected chi connectivity index (χ1v) is 17.5. The largest absolute Gasteiger partial charge is 0.0889 e. The van der Waals surface area contributed by atoms with Gasteiger partial charge in [0.15, 0.2) is 0 Å². The van der Waals surface area contributed by atoms with Crippen LogP contribution in [0, 0.1) is 64.2 Å². The number of halogens is 12. The van der Waals surface area contributed by atoms with E-state index in [-0.39, 0.29) is 34.1 Å². The Kier molecular flexibility index (Phi) is 19.0. The van der Waals surface area contributed by atoms with E-state index in [1.165, 1.54) is 19.6 Å². The molecule has 2 saturated carbocycles. The van der Waals surface area contributed by atoms with Crippen molar-refractivity contribution in [1.29, 1.82) is 0 Å². The molecule has 0 spiro atoms. The fraction of sp³-hybridized carbons (Fsp3) is 0. The molecule has 3 aromatic carbocycles. The molecule has 0 bridgehead atoms. The molecule has 2 aliphatic carbocycles. The molecule has 0 saturated heterocycles. The van der Waals surface area contributed by atoms with Crippen LogP contribution < -0.4 is 0 Å². The number of hydrogen-bond acceptors (Lipinski definition) is 2. The van der Waals surface area contributed by atoms with E-state index in [2.05, 4.69) is 84.9 Å². The van der Waals surface area contributed by atoms with Gasteiger partial charge in [-0.3, -0.25) is 0 Å². The molecule has 0 N–H and O–H groups in total. The predicted octanol–water partition coefficient (Wildman–Crippen LogP) is 14.8. The summed E-state index contributed by atoms with van der Waals surface area (Å²) in [6.45, 7) is 0. The molecule has 0 aromatic heterocycles. The van der Waals surface area contributed by atoms with Crippen molar-refractivity contribution in [2.24, 2.45) is 0 Å². The molecule has 260 valence electrons. The Hall–Kier alpha value is -0.581. The number of benzene rings is 3. The maximum Gasteiger partial charge on any atom is 0.0261 e. The molecular formula is C28H24F12Fe2P2S2-2. The molecule has 0 atom stereocenters. The van der Waals surface area contributed by atoms with E-state index in [1.54, 1.807) is 0 Å². The minimum absolute atomic E-state index is 0. The fourth-order valence-corrected chi connectivity index (χ4v) is 4.47. The zero-order valence-corrected chi connectivity index (χ0v) is 28.4. The van der Waals surface area contributed by atoms with Crippen molar-refractivity contribution >= 4 is 39.1 Å². The Morgan fingerprint density at radius 1 is 0.304 bits per heavy atom. The molecule has 2 fully saturated rings. The van der Waals surface area contributed by atoms with Gasteiger partial charge < -0.3 is 0 Å². The summed E-state index contributed by atoms with van der Waals surface area (Å²) in [5, 5.41) is 0. The van der Waals surface area contributed by atoms with Gasteiger partial charge >= 0.3 is 66.0 Å². The second kappa shape index (κ2) is 18.4. The first-order valence-electron chi connectivity index (χ1n) is 11.8. The summed E-state index contributed by atoms with van der Waals surface area (Å²) < 4.78 is 118. The standard InChI is InChI=1S/C18H14S2.2C5H5.2F6P.2Fe/c1-3-9-15(10-4-1)19-17-13-7-8-14-18(17)20-16-11-5-2-6-12-16;2*1-2-4-5-3-1;2*1-7(2,3,4,5)6;;/h1-14H;2*1-5H;;;;/q;;;2*-1;;. The molecule has 10 radical (unpaired) electrons. The van der Waals surface area contributed by atoms with Gasteiger partial charge in [-0.05, 0) is 101 Å². The fourth-order valence-electron chi connectivity index (χ4n) is 2.49. The first kappa shape index (κ1) is 47.5. The van der Waals surface area contributed by atoms with Crippen molar-refractivity contribution in [2.45, 2.75) is 19.6 Å². The molecule has 0 unspecified atom stereocenters. The third-order valence-electron chi connectivity index (χ3n) is 3.90. The average Bonchev–Trinajstić information content (AvgIpc) is 3.62. The maximum absolute atomic E-state index is 10.7. The molecular weight excluding hydrogens is 802 g/mol. The van der Waals surface area contributed by atoms with Gasteiger partial charge in [-0.1, -0.05) is 72.1 Å². The molecule has 2 aliphatic rings. The Labute approximate surface area is 291 Å². The Balaban J connectivity index is 0. The minimum Gasteiger partial charge on any atom is -0.0889 e. The Bertz CT molecular complexity index is 1110. The monoisotopic (exact) mass is 826 g/mol. The van der Waals surface area contributed by atoms with Crippen LogP contribution in [0.15, 0.2) is 105 Å². The van der Waals surface area contributed by atoms with Crippen molar-refractivity contribution in [3.8, 4) is 0 Å². The van der Waals surface area contributed by atoms with Gasteiger partial charge in [0.25, 0.3) is 0 Å². The summed E-state index contributed by atoms with van der Waals surface area (Å²) in [6.07, 6.45) is 20.0. The third kappa shape index (κ3) is 39.6. The van der Waals surface area contributed by atoms with Gasteiger partial charge in [0.05, 0.1) is 0 Å². The van der Waals surface area contributed by atoms with Crippen LogP contribution in [0.25, 0.3) is 0 Å². The van der Waals surface area contributed by atoms with Crippen molar-refractivity contribution < 1.29 is 84.5 Å². The van der Waals surface area contributed by atoms with Crippen LogP contribution in [0.5, 0.6) is 0 Å². The Morgan fingerprint density at radius 2 is 0.478 bits per heavy atom. The van der Waals surface area contributed by atoms with E-state index in [0.717, 1.165) is 0 Å². The molecule has 0 aliphatic heterocycles. The second-order valence-electron chi connectivity index (χ2n) is 8.12. The van der Waals surface area contributed by atoms with Crippen molar-refractivity contribution in [1.82, 2.24) is 0 Å². The molecule has 18 heteroatoms. The number of hydrogen-bond donors (Lipinski definition) is 0. The van der Waals surface area contributed by atoms with Crippen LogP contribution in [0.1, 0.15) is 0 Å². The smallest absolute Gasteiger partial charge is 0.0261 e. The molecule has 0 nitrogen and oxygen atoms in total. The van der Waals surface area contributed by atoms with Gasteiger partial charge in [-0.15, -0.1) is 0 Å². The predicted molar refractivity (Wildman–Crippen MR) is 158 cm³/mol. The van der Waals surface area contributed by atoms with Gasteiger partial charge in [-0.25, -0.2) is 0 Å². The quantitative estimate of drug-likeness (QED) is 0.146. The van der Waals surface area contributed by atoms with E-state index < -0.39 is 15.6 Å². The van der Waals surface area contributed by atoms with Gasteiger partial charge in [0.1, 0.15) is 0 Å². The summed E-state index contributed by atoms with van der Waals surface area (Å²) in [6, 6.07) is 29.6. The van der Waals surface area contributed by atoms with Crippen molar-refractivity contribution in [3.63, 3.8) is 0 Å². The zero-order valence-electron chi connectivity index (χ0n) is 22.8. The second-order valence-corrected chi connectivity index (χ2v) is 14.2. The maximum atomic E-state index is 9.87. The summed E-state index contributed by atoms with van der Waals surface area (Å²) in [7, 11) is -21.3. The average molecular weight is 826 g/mol. The number of rotatable bonds is 4. The van der Waals surface area contributed by atoms with Crippen LogP contribution in [0.2, 0.25) is 0 Å². The summed E-state index contributed by atoms with van der Waals surface area (Å²) in [5.41, 5.74) is 0. The van der Waals surface area contributed by atoms with Gasteiger partial charge in [0.2, 0.25) is 0 Å². The van der Waals surface area contributed by atoms with E-state index >= 15 is 0 Å². The van der Waals surface area contributed by atoms with Crippen LogP contribution in [-0.4, -0.2) is 0 Å². The van der Waals surface area contributed by atoms with Gasteiger partial charge in [-0.2, -0.15) is 0 Å². The Morgan fingerprint density at radius 3 is 0.674 bits per heavy atom. The van der Waals surface area contributed by atoms with E-state index in [0.29, 0.717) is 0 Å². The topological polar surface area (TPSA) is 0 Å². The van der Waals surface area contributed by atoms with Crippen LogP contribution in [-0.2, 0) is 34.1 Å². The van der Waals surface area contributed by atoms with E-state index in [1.807, 2.05) is 87.7 Å². The van der Waals surface area contributed by atoms with Crippen molar-refractivity contribution in [2.75, 3.05) is 0 Å². The normalized spacial score (nSPS) is 16.8. The SMILES string of the molecule is F[P-](F)(F)(F)(F)F.F[P-](F)(F)(F)(F)F.[CH]1[CH][CH][CH][CH]1.[CH]1[CH][CH][CH][CH]1.[Fe].[Fe].c1ccc(Sc2ccccc2Sc2ccccc2)cc1. The minimum atomic E-state index is -10.7. The van der Waals surface area contributed by atoms with E-state index in [9.17, 15) is 50.4 Å². The van der Waals surface area contributed by atoms with Crippen molar-refractivity contribution in [3.05, 3.63) is 149 Å². The molecule has 46 heavy (non-hydrogen) atoms. The van der Waals surface area contributed by atoms with E-state index in [4.69, 9.17) is 0 Å². The van der Waals surface area contributed by atoms with Gasteiger partial charge in [0, 0.05) is 53.7 Å². The van der Waals surface area contributed by atoms with Crippen LogP contribution >= 0.6 is 39.1 Å². The van der Waals surface area contributed by atoms with Crippen LogP contribution in [0.4, 0.5) is 50.4 Å². The summed E-state index contributed by atoms with van der Waals surface area (Å²) >= 11 is 3.63.